The van der Waals surface area contributed by atoms with Crippen molar-refractivity contribution in [3.05, 3.63) is 60.2 Å². The molecule has 1 N–H and O–H groups in total. The summed E-state index contributed by atoms with van der Waals surface area (Å²) >= 11 is 0. The molecule has 1 aliphatic carbocycles. The topological polar surface area (TPSA) is 50.2 Å². The smallest absolute Gasteiger partial charge is 0.321 e. The predicted octanol–water partition coefficient (Wildman–Crippen LogP) is 3.50. The summed E-state index contributed by atoms with van der Waals surface area (Å²) in [5.74, 6) is 0.913. The zero-order chi connectivity index (χ0) is 17.2. The van der Waals surface area contributed by atoms with Crippen LogP contribution in [0.2, 0.25) is 0 Å². The van der Waals surface area contributed by atoms with Crippen LogP contribution in [0.15, 0.2) is 48.8 Å². The summed E-state index contributed by atoms with van der Waals surface area (Å²) in [6, 6.07) is 6.54. The summed E-state index contributed by atoms with van der Waals surface area (Å²) in [5, 5.41) is 7.12. The Morgan fingerprint density at radius 1 is 1.20 bits per heavy atom. The molecule has 1 aromatic heterocycles. The Balaban J connectivity index is 1.36. The van der Waals surface area contributed by atoms with E-state index >= 15 is 0 Å². The van der Waals surface area contributed by atoms with E-state index in [1.54, 1.807) is 35.3 Å². The highest BCUT2D eigenvalue weighted by Crippen LogP contribution is 2.32. The fraction of sp³-hybridized carbons (Fsp3) is 0.368. The lowest BCUT2D eigenvalue weighted by molar-refractivity contribution is 0.220. The van der Waals surface area contributed by atoms with Gasteiger partial charge >= 0.3 is 6.03 Å². The summed E-state index contributed by atoms with van der Waals surface area (Å²) < 4.78 is 15.3. The summed E-state index contributed by atoms with van der Waals surface area (Å²) in [4.78, 5) is 14.4. The van der Waals surface area contributed by atoms with Gasteiger partial charge in [0.1, 0.15) is 5.82 Å². The summed E-state index contributed by atoms with van der Waals surface area (Å²) in [6.07, 6.45) is 9.90. The lowest BCUT2D eigenvalue weighted by Gasteiger charge is -2.17. The van der Waals surface area contributed by atoms with Gasteiger partial charge in [0, 0.05) is 24.8 Å². The molecule has 0 unspecified atom stereocenters. The Morgan fingerprint density at radius 2 is 1.92 bits per heavy atom. The maximum absolute atomic E-state index is 13.7. The molecule has 0 radical (unpaired) electrons. The van der Waals surface area contributed by atoms with Crippen molar-refractivity contribution < 1.29 is 9.18 Å². The van der Waals surface area contributed by atoms with Gasteiger partial charge in [-0.1, -0.05) is 30.4 Å². The number of urea groups is 1. The average molecular weight is 340 g/mol. The van der Waals surface area contributed by atoms with Crippen LogP contribution in [0.4, 0.5) is 14.9 Å². The van der Waals surface area contributed by atoms with Crippen molar-refractivity contribution in [2.45, 2.75) is 19.4 Å². The number of hydrogen-bond acceptors (Lipinski definition) is 2. The normalized spacial score (nSPS) is 22.0. The molecular weight excluding hydrogens is 319 g/mol. The van der Waals surface area contributed by atoms with Crippen LogP contribution in [0, 0.1) is 17.7 Å². The number of likely N-dealkylation sites (tertiary alicyclic amines) is 1. The van der Waals surface area contributed by atoms with Crippen LogP contribution in [0.3, 0.4) is 0 Å². The van der Waals surface area contributed by atoms with E-state index in [1.165, 1.54) is 6.07 Å². The number of nitrogens with zero attached hydrogens (tertiary/aromatic N) is 3. The Labute approximate surface area is 146 Å². The number of nitrogens with one attached hydrogen (secondary N) is 1. The van der Waals surface area contributed by atoms with Crippen molar-refractivity contribution in [2.75, 3.05) is 18.4 Å². The minimum Gasteiger partial charge on any atom is -0.324 e. The molecule has 0 saturated carbocycles. The van der Waals surface area contributed by atoms with Crippen LogP contribution in [0.25, 0.3) is 0 Å². The number of allylic oxidation sites excluding steroid dienone is 2. The van der Waals surface area contributed by atoms with Gasteiger partial charge in [-0.05, 0) is 30.7 Å². The van der Waals surface area contributed by atoms with E-state index in [4.69, 9.17) is 0 Å². The van der Waals surface area contributed by atoms with Crippen molar-refractivity contribution in [1.82, 2.24) is 14.7 Å². The second-order valence-electron chi connectivity index (χ2n) is 6.82. The van der Waals surface area contributed by atoms with Crippen LogP contribution < -0.4 is 5.32 Å². The number of hydrogen-bond donors (Lipinski definition) is 1. The lowest BCUT2D eigenvalue weighted by atomic mass is 9.86. The third-order valence-corrected chi connectivity index (χ3v) is 5.08. The number of fused-ring (bicyclic) bond motifs is 1. The molecule has 1 fully saturated rings. The first-order chi connectivity index (χ1) is 12.2. The number of benzene rings is 1. The average Bonchev–Trinajstić information content (AvgIpc) is 3.23. The van der Waals surface area contributed by atoms with Crippen LogP contribution in [0.1, 0.15) is 18.4 Å². The quantitative estimate of drug-likeness (QED) is 0.870. The van der Waals surface area contributed by atoms with E-state index in [-0.39, 0.29) is 11.8 Å². The lowest BCUT2D eigenvalue weighted by Crippen LogP contribution is -2.33. The molecule has 2 aromatic rings. The molecule has 25 heavy (non-hydrogen) atoms. The zero-order valence-electron chi connectivity index (χ0n) is 13.9. The molecule has 6 heteroatoms. The van der Waals surface area contributed by atoms with Crippen LogP contribution in [0.5, 0.6) is 0 Å². The third kappa shape index (κ3) is 3.43. The standard InChI is InChI=1S/C19H21FN4O/c20-18-8-4-3-7-16(18)12-24-13-17(9-21-24)22-19(25)23-10-14-5-1-2-6-15(14)11-23/h1-4,7-9,13-15H,5-6,10-12H2,(H,22,25)/t14-,15+. The van der Waals surface area contributed by atoms with Gasteiger partial charge in [0.2, 0.25) is 0 Å². The Kier molecular flexibility index (Phi) is 4.26. The Morgan fingerprint density at radius 3 is 2.64 bits per heavy atom. The Bertz CT molecular complexity index is 784. The predicted molar refractivity (Wildman–Crippen MR) is 93.7 cm³/mol. The molecule has 5 nitrogen and oxygen atoms in total. The van der Waals surface area contributed by atoms with Gasteiger partial charge in [0.25, 0.3) is 0 Å². The number of carbonyl (C=O) groups is 1. The van der Waals surface area contributed by atoms with Gasteiger partial charge in [0.15, 0.2) is 0 Å². The maximum Gasteiger partial charge on any atom is 0.321 e. The first-order valence-electron chi connectivity index (χ1n) is 8.66. The first kappa shape index (κ1) is 15.9. The SMILES string of the molecule is O=C(Nc1cnn(Cc2ccccc2F)c1)N1C[C@H]2CC=CC[C@H]2C1. The van der Waals surface area contributed by atoms with Crippen molar-refractivity contribution in [2.24, 2.45) is 11.8 Å². The van der Waals surface area contributed by atoms with Crippen LogP contribution in [-0.2, 0) is 6.54 Å². The summed E-state index contributed by atoms with van der Waals surface area (Å²) in [6.45, 7) is 1.95. The van der Waals surface area contributed by atoms with Crippen molar-refractivity contribution in [1.29, 1.82) is 0 Å². The number of carbonyl (C=O) groups excluding carboxylic acids is 1. The molecule has 2 aliphatic rings. The molecule has 1 aliphatic heterocycles. The molecule has 130 valence electrons. The van der Waals surface area contributed by atoms with Gasteiger partial charge in [-0.3, -0.25) is 4.68 Å². The number of halogens is 1. The highest BCUT2D eigenvalue weighted by atomic mass is 19.1. The van der Waals surface area contributed by atoms with Crippen molar-refractivity contribution in [3.63, 3.8) is 0 Å². The van der Waals surface area contributed by atoms with E-state index in [1.807, 2.05) is 4.90 Å². The fourth-order valence-electron chi connectivity index (χ4n) is 3.70. The first-order valence-corrected chi connectivity index (χ1v) is 8.66. The van der Waals surface area contributed by atoms with E-state index in [0.29, 0.717) is 29.6 Å². The number of aromatic nitrogens is 2. The minimum absolute atomic E-state index is 0.0835. The van der Waals surface area contributed by atoms with Gasteiger partial charge in [-0.2, -0.15) is 5.10 Å². The highest BCUT2D eigenvalue weighted by Gasteiger charge is 2.35. The molecule has 1 saturated heterocycles. The zero-order valence-corrected chi connectivity index (χ0v) is 13.9. The monoisotopic (exact) mass is 340 g/mol. The largest absolute Gasteiger partial charge is 0.324 e. The van der Waals surface area contributed by atoms with E-state index < -0.39 is 0 Å². The molecule has 2 atom stereocenters. The highest BCUT2D eigenvalue weighted by molar-refractivity contribution is 5.89. The van der Waals surface area contributed by atoms with Gasteiger partial charge in [-0.15, -0.1) is 0 Å². The van der Waals surface area contributed by atoms with Crippen molar-refractivity contribution in [3.8, 4) is 0 Å². The fourth-order valence-corrected chi connectivity index (χ4v) is 3.70. The van der Waals surface area contributed by atoms with E-state index in [0.717, 1.165) is 25.9 Å². The molecule has 2 amide bonds. The molecule has 0 spiro atoms. The maximum atomic E-state index is 13.7. The number of anilines is 1. The van der Waals surface area contributed by atoms with Gasteiger partial charge in [-0.25, -0.2) is 9.18 Å². The second-order valence-corrected chi connectivity index (χ2v) is 6.82. The molecular formula is C19H21FN4O. The van der Waals surface area contributed by atoms with Crippen LogP contribution in [-0.4, -0.2) is 33.8 Å². The number of amides is 2. The second kappa shape index (κ2) is 6.70. The van der Waals surface area contributed by atoms with E-state index in [2.05, 4.69) is 22.6 Å². The number of rotatable bonds is 3. The van der Waals surface area contributed by atoms with E-state index in [9.17, 15) is 9.18 Å². The van der Waals surface area contributed by atoms with Gasteiger partial charge in [0.05, 0.1) is 18.4 Å². The Hall–Kier alpha value is -2.63. The van der Waals surface area contributed by atoms with Gasteiger partial charge < -0.3 is 10.2 Å². The third-order valence-electron chi connectivity index (χ3n) is 5.08. The minimum atomic E-state index is -0.253. The van der Waals surface area contributed by atoms with Crippen LogP contribution >= 0.6 is 0 Å². The molecule has 2 heterocycles. The summed E-state index contributed by atoms with van der Waals surface area (Å²) in [7, 11) is 0. The molecule has 0 bridgehead atoms. The van der Waals surface area contributed by atoms with Crippen molar-refractivity contribution >= 4 is 11.7 Å². The molecule has 1 aromatic carbocycles. The molecule has 4 rings (SSSR count). The summed E-state index contributed by atoms with van der Waals surface area (Å²) in [5.41, 5.74) is 1.20.